The van der Waals surface area contributed by atoms with Crippen molar-refractivity contribution in [2.45, 2.75) is 19.3 Å². The molecule has 2 aliphatic carbocycles. The van der Waals surface area contributed by atoms with Crippen molar-refractivity contribution in [3.05, 3.63) is 81.7 Å². The second kappa shape index (κ2) is 6.38. The van der Waals surface area contributed by atoms with Crippen LogP contribution in [0.3, 0.4) is 0 Å². The van der Waals surface area contributed by atoms with Crippen LogP contribution in [0.5, 0.6) is 0 Å². The number of rotatable bonds is 2. The topological polar surface area (TPSA) is 0 Å². The van der Waals surface area contributed by atoms with Gasteiger partial charge in [0.15, 0.2) is 23.3 Å². The molecule has 0 N–H and O–H groups in total. The van der Waals surface area contributed by atoms with Gasteiger partial charge in [-0.1, -0.05) is 36.4 Å². The fourth-order valence-corrected chi connectivity index (χ4v) is 4.05. The lowest BCUT2D eigenvalue weighted by Gasteiger charge is -2.18. The van der Waals surface area contributed by atoms with E-state index in [-0.39, 0.29) is 11.8 Å². The molecule has 2 aromatic rings. The van der Waals surface area contributed by atoms with Gasteiger partial charge in [-0.25, -0.2) is 22.0 Å². The maximum Gasteiger partial charge on any atom is 0.200 e. The molecule has 0 aliphatic heterocycles. The molecule has 0 radical (unpaired) electrons. The first-order valence-corrected chi connectivity index (χ1v) is 8.47. The number of benzene rings is 2. The summed E-state index contributed by atoms with van der Waals surface area (Å²) in [4.78, 5) is 0. The zero-order chi connectivity index (χ0) is 18.4. The van der Waals surface area contributed by atoms with Gasteiger partial charge in [-0.05, 0) is 53.9 Å². The average Bonchev–Trinajstić information content (AvgIpc) is 3.25. The highest BCUT2D eigenvalue weighted by atomic mass is 19.2. The molecule has 2 atom stereocenters. The first-order valence-electron chi connectivity index (χ1n) is 8.47. The summed E-state index contributed by atoms with van der Waals surface area (Å²) in [6.07, 6.45) is 5.77. The van der Waals surface area contributed by atoms with Crippen LogP contribution < -0.4 is 0 Å². The number of halogens is 5. The summed E-state index contributed by atoms with van der Waals surface area (Å²) in [5.74, 6) is -9.17. The van der Waals surface area contributed by atoms with Crippen LogP contribution in [0.25, 0.3) is 12.2 Å². The molecule has 2 aromatic carbocycles. The van der Waals surface area contributed by atoms with Gasteiger partial charge in [0.2, 0.25) is 5.82 Å². The molecule has 0 amide bonds. The Hall–Kier alpha value is -2.43. The van der Waals surface area contributed by atoms with Crippen molar-refractivity contribution in [2.24, 2.45) is 11.8 Å². The molecule has 5 heteroatoms. The van der Waals surface area contributed by atoms with Crippen LogP contribution in [-0.4, -0.2) is 0 Å². The molecule has 26 heavy (non-hydrogen) atoms. The smallest absolute Gasteiger partial charge is 0.200 e. The number of hydrogen-bond donors (Lipinski definition) is 0. The Balaban J connectivity index is 1.85. The van der Waals surface area contributed by atoms with E-state index in [1.54, 1.807) is 0 Å². The first kappa shape index (κ1) is 17.0. The maximum atomic E-state index is 14.1. The highest BCUT2D eigenvalue weighted by molar-refractivity contribution is 5.70. The molecule has 2 saturated carbocycles. The van der Waals surface area contributed by atoms with E-state index in [1.807, 2.05) is 36.4 Å². The summed E-state index contributed by atoms with van der Waals surface area (Å²) < 4.78 is 68.4. The predicted octanol–water partition coefficient (Wildman–Crippen LogP) is 6.28. The minimum atomic E-state index is -2.13. The Morgan fingerprint density at radius 2 is 1.15 bits per heavy atom. The molecule has 2 fully saturated rings. The first-order chi connectivity index (χ1) is 12.5. The Morgan fingerprint density at radius 1 is 0.654 bits per heavy atom. The number of fused-ring (bicyclic) bond motifs is 2. The quantitative estimate of drug-likeness (QED) is 0.335. The number of hydrogen-bond acceptors (Lipinski definition) is 0. The van der Waals surface area contributed by atoms with Crippen LogP contribution in [0.2, 0.25) is 0 Å². The summed E-state index contributed by atoms with van der Waals surface area (Å²) in [6, 6.07) is 9.47. The summed E-state index contributed by atoms with van der Waals surface area (Å²) in [5.41, 5.74) is 1.69. The molecule has 0 nitrogen and oxygen atoms in total. The standard InChI is InChI=1S/C21H15F5/c22-17-16(18(23)20(25)21(26)19(17)24)10-15-13-7-6-12(9-13)14(15)8-11-4-2-1-3-5-11/h1-5,8,10,12-13H,6-7,9H2/b14-8+,15-10-/t12-,13+/m1/s1. The van der Waals surface area contributed by atoms with Gasteiger partial charge in [0.05, 0.1) is 5.56 Å². The van der Waals surface area contributed by atoms with Crippen LogP contribution in [0, 0.1) is 40.9 Å². The molecule has 4 rings (SSSR count). The highest BCUT2D eigenvalue weighted by Crippen LogP contribution is 2.53. The van der Waals surface area contributed by atoms with E-state index in [1.165, 1.54) is 0 Å². The van der Waals surface area contributed by atoms with E-state index in [0.29, 0.717) is 5.57 Å². The maximum absolute atomic E-state index is 14.1. The lowest BCUT2D eigenvalue weighted by Crippen LogP contribution is -2.07. The lowest BCUT2D eigenvalue weighted by atomic mass is 9.87. The third-order valence-corrected chi connectivity index (χ3v) is 5.31. The van der Waals surface area contributed by atoms with Crippen molar-refractivity contribution in [1.29, 1.82) is 0 Å². The summed E-state index contributed by atoms with van der Waals surface area (Å²) in [7, 11) is 0. The third-order valence-electron chi connectivity index (χ3n) is 5.31. The van der Waals surface area contributed by atoms with Gasteiger partial charge in [-0.15, -0.1) is 0 Å². The minimum absolute atomic E-state index is 0.0879. The van der Waals surface area contributed by atoms with Crippen molar-refractivity contribution in [3.8, 4) is 0 Å². The SMILES string of the molecule is Fc1c(F)c(F)c(/C=C2\C(=C\c3ccccc3)[C@@H]3CC[C@H]2C3)c(F)c1F. The van der Waals surface area contributed by atoms with Crippen molar-refractivity contribution in [1.82, 2.24) is 0 Å². The van der Waals surface area contributed by atoms with Crippen LogP contribution in [0.15, 0.2) is 41.5 Å². The summed E-state index contributed by atoms with van der Waals surface area (Å²) >= 11 is 0. The molecule has 0 heterocycles. The average molecular weight is 362 g/mol. The van der Waals surface area contributed by atoms with E-state index < -0.39 is 34.6 Å². The van der Waals surface area contributed by atoms with Gasteiger partial charge < -0.3 is 0 Å². The van der Waals surface area contributed by atoms with Gasteiger partial charge in [-0.2, -0.15) is 0 Å². The Kier molecular flexibility index (Phi) is 4.17. The molecule has 2 bridgehead atoms. The Bertz CT molecular complexity index is 898. The highest BCUT2D eigenvalue weighted by Gasteiger charge is 2.40. The zero-order valence-corrected chi connectivity index (χ0v) is 13.7. The van der Waals surface area contributed by atoms with E-state index >= 15 is 0 Å². The molecular weight excluding hydrogens is 347 g/mol. The normalized spacial score (nSPS) is 24.8. The molecule has 0 spiro atoms. The number of allylic oxidation sites excluding steroid dienone is 2. The molecule has 0 saturated heterocycles. The molecule has 2 aliphatic rings. The second-order valence-electron chi connectivity index (χ2n) is 6.80. The Morgan fingerprint density at radius 3 is 1.73 bits per heavy atom. The van der Waals surface area contributed by atoms with E-state index in [9.17, 15) is 22.0 Å². The summed E-state index contributed by atoms with van der Waals surface area (Å²) in [5, 5.41) is 0. The van der Waals surface area contributed by atoms with Gasteiger partial charge in [0.25, 0.3) is 0 Å². The van der Waals surface area contributed by atoms with Gasteiger partial charge in [-0.3, -0.25) is 0 Å². The van der Waals surface area contributed by atoms with Gasteiger partial charge in [0, 0.05) is 0 Å². The Labute approximate surface area is 147 Å². The minimum Gasteiger partial charge on any atom is -0.203 e. The molecule has 134 valence electrons. The summed E-state index contributed by atoms with van der Waals surface area (Å²) in [6.45, 7) is 0. The zero-order valence-electron chi connectivity index (χ0n) is 13.7. The van der Waals surface area contributed by atoms with Crippen LogP contribution in [0.1, 0.15) is 30.4 Å². The predicted molar refractivity (Wildman–Crippen MR) is 89.5 cm³/mol. The van der Waals surface area contributed by atoms with Crippen LogP contribution in [0.4, 0.5) is 22.0 Å². The van der Waals surface area contributed by atoms with E-state index in [2.05, 4.69) is 0 Å². The van der Waals surface area contributed by atoms with Crippen LogP contribution >= 0.6 is 0 Å². The van der Waals surface area contributed by atoms with Crippen LogP contribution in [-0.2, 0) is 0 Å². The van der Waals surface area contributed by atoms with Gasteiger partial charge >= 0.3 is 0 Å². The van der Waals surface area contributed by atoms with Crippen molar-refractivity contribution >= 4 is 12.2 Å². The van der Waals surface area contributed by atoms with E-state index in [4.69, 9.17) is 0 Å². The van der Waals surface area contributed by atoms with Gasteiger partial charge in [0.1, 0.15) is 0 Å². The fourth-order valence-electron chi connectivity index (χ4n) is 4.05. The molecule has 0 aromatic heterocycles. The largest absolute Gasteiger partial charge is 0.203 e. The molecule has 0 unspecified atom stereocenters. The monoisotopic (exact) mass is 362 g/mol. The fraction of sp³-hybridized carbons (Fsp3) is 0.238. The van der Waals surface area contributed by atoms with Crippen molar-refractivity contribution in [2.75, 3.05) is 0 Å². The van der Waals surface area contributed by atoms with E-state index in [0.717, 1.165) is 36.5 Å². The van der Waals surface area contributed by atoms with Crippen molar-refractivity contribution in [3.63, 3.8) is 0 Å². The lowest BCUT2D eigenvalue weighted by molar-refractivity contribution is 0.376. The molecular formula is C21H15F5. The second-order valence-corrected chi connectivity index (χ2v) is 6.80. The van der Waals surface area contributed by atoms with Crippen molar-refractivity contribution < 1.29 is 22.0 Å². The third kappa shape index (κ3) is 2.66.